The fraction of sp³-hybridized carbons (Fsp3) is 0.190. The molecule has 1 aliphatic rings. The Labute approximate surface area is 155 Å². The maximum atomic E-state index is 14.4. The van der Waals surface area contributed by atoms with Gasteiger partial charge in [0.2, 0.25) is 0 Å². The van der Waals surface area contributed by atoms with Gasteiger partial charge >= 0.3 is 0 Å². The van der Waals surface area contributed by atoms with Crippen LogP contribution in [0.5, 0.6) is 0 Å². The molecule has 0 atom stereocenters. The maximum Gasteiger partial charge on any atom is 0.278 e. The van der Waals surface area contributed by atoms with E-state index in [0.29, 0.717) is 12.2 Å². The molecule has 2 heterocycles. The summed E-state index contributed by atoms with van der Waals surface area (Å²) < 4.78 is 15.6. The minimum atomic E-state index is -0.418. The third-order valence-electron chi connectivity index (χ3n) is 4.67. The van der Waals surface area contributed by atoms with Gasteiger partial charge in [0.05, 0.1) is 12.2 Å². The molecule has 5 nitrogen and oxygen atoms in total. The lowest BCUT2D eigenvalue weighted by atomic mass is 10.0. The third kappa shape index (κ3) is 3.38. The van der Waals surface area contributed by atoms with Gasteiger partial charge in [0.25, 0.3) is 11.5 Å². The number of hydrogen-bond donors (Lipinski definition) is 0. The minimum Gasteiger partial charge on any atom is -0.304 e. The highest BCUT2D eigenvalue weighted by molar-refractivity contribution is 6.05. The Bertz CT molecular complexity index is 1050. The van der Waals surface area contributed by atoms with Crippen LogP contribution in [-0.2, 0) is 13.0 Å². The second-order valence-electron chi connectivity index (χ2n) is 6.51. The smallest absolute Gasteiger partial charge is 0.278 e. The number of halogens is 1. The number of rotatable bonds is 3. The Morgan fingerprint density at radius 2 is 1.85 bits per heavy atom. The van der Waals surface area contributed by atoms with Gasteiger partial charge in [-0.15, -0.1) is 0 Å². The molecule has 27 heavy (non-hydrogen) atoms. The Morgan fingerprint density at radius 3 is 2.67 bits per heavy atom. The zero-order valence-corrected chi connectivity index (χ0v) is 14.6. The summed E-state index contributed by atoms with van der Waals surface area (Å²) >= 11 is 0. The minimum absolute atomic E-state index is 0.127. The molecule has 0 unspecified atom stereocenters. The van der Waals surface area contributed by atoms with Gasteiger partial charge in [0, 0.05) is 12.6 Å². The number of aryl methyl sites for hydroxylation is 1. The zero-order chi connectivity index (χ0) is 18.8. The SMILES string of the molecule is O=C(c1ccc(=O)n(Cc2ccccc2)n1)N1CCCc2cccc(F)c21. The topological polar surface area (TPSA) is 55.2 Å². The molecule has 2 aromatic carbocycles. The van der Waals surface area contributed by atoms with Crippen molar-refractivity contribution in [3.05, 3.63) is 93.7 Å². The molecule has 6 heteroatoms. The molecule has 0 aliphatic carbocycles. The first kappa shape index (κ1) is 17.1. The molecule has 1 aromatic heterocycles. The van der Waals surface area contributed by atoms with Gasteiger partial charge in [-0.05, 0) is 36.1 Å². The molecule has 0 bridgehead atoms. The highest BCUT2D eigenvalue weighted by atomic mass is 19.1. The number of hydrogen-bond acceptors (Lipinski definition) is 3. The van der Waals surface area contributed by atoms with Crippen LogP contribution < -0.4 is 10.5 Å². The van der Waals surface area contributed by atoms with Crippen molar-refractivity contribution in [2.45, 2.75) is 19.4 Å². The van der Waals surface area contributed by atoms with Crippen molar-refractivity contribution in [3.63, 3.8) is 0 Å². The van der Waals surface area contributed by atoms with Crippen LogP contribution in [0, 0.1) is 5.82 Å². The van der Waals surface area contributed by atoms with E-state index < -0.39 is 11.7 Å². The lowest BCUT2D eigenvalue weighted by Gasteiger charge is -2.29. The Kier molecular flexibility index (Phi) is 4.54. The zero-order valence-electron chi connectivity index (χ0n) is 14.6. The van der Waals surface area contributed by atoms with Crippen LogP contribution in [0.1, 0.15) is 28.0 Å². The van der Waals surface area contributed by atoms with Crippen molar-refractivity contribution >= 4 is 11.6 Å². The molecule has 0 saturated heterocycles. The van der Waals surface area contributed by atoms with Crippen molar-refractivity contribution in [1.82, 2.24) is 9.78 Å². The summed E-state index contributed by atoms with van der Waals surface area (Å²) in [5, 5.41) is 4.24. The van der Waals surface area contributed by atoms with Gasteiger partial charge in [-0.1, -0.05) is 42.5 Å². The number of fused-ring (bicyclic) bond motifs is 1. The van der Waals surface area contributed by atoms with Crippen molar-refractivity contribution in [3.8, 4) is 0 Å². The Hall–Kier alpha value is -3.28. The van der Waals surface area contributed by atoms with Crippen LogP contribution in [0.15, 0.2) is 65.5 Å². The summed E-state index contributed by atoms with van der Waals surface area (Å²) in [5.41, 5.74) is 1.87. The van der Waals surface area contributed by atoms with E-state index in [4.69, 9.17) is 0 Å². The van der Waals surface area contributed by atoms with Crippen LogP contribution in [0.25, 0.3) is 0 Å². The highest BCUT2D eigenvalue weighted by Gasteiger charge is 2.27. The quantitative estimate of drug-likeness (QED) is 0.719. The summed E-state index contributed by atoms with van der Waals surface area (Å²) in [6.45, 7) is 0.692. The first-order valence-corrected chi connectivity index (χ1v) is 8.85. The molecule has 0 spiro atoms. The number of carbonyl (C=O) groups excluding carboxylic acids is 1. The third-order valence-corrected chi connectivity index (χ3v) is 4.67. The van der Waals surface area contributed by atoms with Crippen LogP contribution in [0.3, 0.4) is 0 Å². The monoisotopic (exact) mass is 363 g/mol. The fourth-order valence-electron chi connectivity index (χ4n) is 3.38. The molecule has 1 aliphatic heterocycles. The van der Waals surface area contributed by atoms with E-state index in [2.05, 4.69) is 5.10 Å². The van der Waals surface area contributed by atoms with Crippen LogP contribution in [-0.4, -0.2) is 22.2 Å². The Morgan fingerprint density at radius 1 is 1.04 bits per heavy atom. The molecule has 0 N–H and O–H groups in total. The van der Waals surface area contributed by atoms with Gasteiger partial charge < -0.3 is 4.90 Å². The molecule has 4 rings (SSSR count). The van der Waals surface area contributed by atoms with Gasteiger partial charge in [0.15, 0.2) is 0 Å². The van der Waals surface area contributed by atoms with Crippen molar-refractivity contribution in [2.24, 2.45) is 0 Å². The highest BCUT2D eigenvalue weighted by Crippen LogP contribution is 2.30. The largest absolute Gasteiger partial charge is 0.304 e. The second kappa shape index (κ2) is 7.15. The summed E-state index contributed by atoms with van der Waals surface area (Å²) in [6.07, 6.45) is 1.49. The average Bonchev–Trinajstić information content (AvgIpc) is 2.70. The van der Waals surface area contributed by atoms with E-state index in [9.17, 15) is 14.0 Å². The van der Waals surface area contributed by atoms with Gasteiger partial charge in [0.1, 0.15) is 11.5 Å². The average molecular weight is 363 g/mol. The lowest BCUT2D eigenvalue weighted by molar-refractivity contribution is 0.0977. The fourth-order valence-corrected chi connectivity index (χ4v) is 3.38. The van der Waals surface area contributed by atoms with Crippen molar-refractivity contribution < 1.29 is 9.18 Å². The van der Waals surface area contributed by atoms with Gasteiger partial charge in [-0.25, -0.2) is 9.07 Å². The molecule has 136 valence electrons. The lowest BCUT2D eigenvalue weighted by Crippen LogP contribution is -2.38. The van der Waals surface area contributed by atoms with E-state index in [0.717, 1.165) is 24.0 Å². The first-order valence-electron chi connectivity index (χ1n) is 8.85. The molecule has 0 saturated carbocycles. The predicted octanol–water partition coefficient (Wildman–Crippen LogP) is 3.02. The summed E-state index contributed by atoms with van der Waals surface area (Å²) in [7, 11) is 0. The number of carbonyl (C=O) groups is 1. The number of nitrogens with zero attached hydrogens (tertiary/aromatic N) is 3. The van der Waals surface area contributed by atoms with Crippen LogP contribution in [0.2, 0.25) is 0 Å². The number of benzene rings is 2. The second-order valence-corrected chi connectivity index (χ2v) is 6.51. The molecule has 1 amide bonds. The van der Waals surface area contributed by atoms with Crippen molar-refractivity contribution in [1.29, 1.82) is 0 Å². The normalized spacial score (nSPS) is 13.3. The van der Waals surface area contributed by atoms with Crippen LogP contribution in [0.4, 0.5) is 10.1 Å². The van der Waals surface area contributed by atoms with Crippen molar-refractivity contribution in [2.75, 3.05) is 11.4 Å². The molecule has 3 aromatic rings. The van der Waals surface area contributed by atoms with Gasteiger partial charge in [-0.2, -0.15) is 5.10 Å². The van der Waals surface area contributed by atoms with Crippen LogP contribution >= 0.6 is 0 Å². The van der Waals surface area contributed by atoms with E-state index in [-0.39, 0.29) is 17.8 Å². The van der Waals surface area contributed by atoms with E-state index in [1.165, 1.54) is 27.8 Å². The van der Waals surface area contributed by atoms with E-state index >= 15 is 0 Å². The summed E-state index contributed by atoms with van der Waals surface area (Å²) in [5.74, 6) is -0.819. The Balaban J connectivity index is 1.68. The van der Waals surface area contributed by atoms with E-state index in [1.807, 2.05) is 36.4 Å². The number of amides is 1. The molecule has 0 fully saturated rings. The number of anilines is 1. The van der Waals surface area contributed by atoms with Gasteiger partial charge in [-0.3, -0.25) is 9.59 Å². The first-order chi connectivity index (χ1) is 13.1. The number of aromatic nitrogens is 2. The summed E-state index contributed by atoms with van der Waals surface area (Å²) in [4.78, 5) is 26.6. The predicted molar refractivity (Wildman–Crippen MR) is 100 cm³/mol. The summed E-state index contributed by atoms with van der Waals surface area (Å²) in [6, 6.07) is 17.0. The molecule has 0 radical (unpaired) electrons. The molecular formula is C21H18FN3O2. The van der Waals surface area contributed by atoms with E-state index in [1.54, 1.807) is 6.07 Å². The standard InChI is InChI=1S/C21H18FN3O2/c22-17-10-4-8-16-9-5-13-24(20(16)17)21(27)18-11-12-19(26)25(23-18)14-15-6-2-1-3-7-15/h1-4,6-8,10-12H,5,9,13-14H2. The molecular weight excluding hydrogens is 345 g/mol. The maximum absolute atomic E-state index is 14.4. The number of para-hydroxylation sites is 1.